The standard InChI is InChI=1S/C16H19ClN2O2/c1-4-18-15-9-6-5-7-10(9)19-16-12(21-3)8-11(20-2)14(17)13(15)16/h8H,4-7H2,1-3H3,(H,18,19). The molecule has 0 fully saturated rings. The molecule has 0 unspecified atom stereocenters. The fraction of sp³-hybridized carbons (Fsp3) is 0.438. The van der Waals surface area contributed by atoms with Crippen LogP contribution in [0.4, 0.5) is 5.69 Å². The summed E-state index contributed by atoms with van der Waals surface area (Å²) in [4.78, 5) is 4.80. The highest BCUT2D eigenvalue weighted by Gasteiger charge is 2.24. The summed E-state index contributed by atoms with van der Waals surface area (Å²) in [5.41, 5.74) is 4.32. The van der Waals surface area contributed by atoms with Crippen molar-refractivity contribution in [2.24, 2.45) is 0 Å². The monoisotopic (exact) mass is 306 g/mol. The third kappa shape index (κ3) is 2.18. The molecule has 0 atom stereocenters. The van der Waals surface area contributed by atoms with E-state index in [2.05, 4.69) is 12.2 Å². The van der Waals surface area contributed by atoms with Gasteiger partial charge in [-0.05, 0) is 31.7 Å². The molecule has 4 nitrogen and oxygen atoms in total. The van der Waals surface area contributed by atoms with Gasteiger partial charge in [-0.2, -0.15) is 0 Å². The van der Waals surface area contributed by atoms with Crippen LogP contribution in [0.2, 0.25) is 5.02 Å². The molecule has 0 bridgehead atoms. The van der Waals surface area contributed by atoms with Gasteiger partial charge in [0.25, 0.3) is 0 Å². The number of nitrogens with zero attached hydrogens (tertiary/aromatic N) is 1. The number of aryl methyl sites for hydroxylation is 1. The van der Waals surface area contributed by atoms with E-state index in [1.54, 1.807) is 20.3 Å². The molecular formula is C16H19ClN2O2. The molecule has 112 valence electrons. The number of ether oxygens (including phenoxy) is 2. The zero-order valence-corrected chi connectivity index (χ0v) is 13.3. The van der Waals surface area contributed by atoms with Crippen molar-refractivity contribution in [1.82, 2.24) is 4.98 Å². The molecule has 1 aromatic carbocycles. The summed E-state index contributed by atoms with van der Waals surface area (Å²) in [5, 5.41) is 4.95. The minimum atomic E-state index is 0.589. The van der Waals surface area contributed by atoms with E-state index in [0.29, 0.717) is 16.5 Å². The van der Waals surface area contributed by atoms with Crippen LogP contribution in [0.5, 0.6) is 11.5 Å². The predicted octanol–water partition coefficient (Wildman–Crippen LogP) is 3.83. The van der Waals surface area contributed by atoms with Crippen LogP contribution >= 0.6 is 11.6 Å². The highest BCUT2D eigenvalue weighted by atomic mass is 35.5. The number of pyridine rings is 1. The van der Waals surface area contributed by atoms with Crippen molar-refractivity contribution < 1.29 is 9.47 Å². The summed E-state index contributed by atoms with van der Waals surface area (Å²) >= 11 is 6.55. The molecule has 0 saturated carbocycles. The number of nitrogens with one attached hydrogen (secondary N) is 1. The summed E-state index contributed by atoms with van der Waals surface area (Å²) in [7, 11) is 3.25. The summed E-state index contributed by atoms with van der Waals surface area (Å²) in [6, 6.07) is 1.80. The number of fused-ring (bicyclic) bond motifs is 2. The lowest BCUT2D eigenvalue weighted by atomic mass is 10.1. The molecule has 0 radical (unpaired) electrons. The SMILES string of the molecule is CCNc1c2c(nc3c(OC)cc(OC)c(Cl)c13)CCC2. The van der Waals surface area contributed by atoms with Crippen molar-refractivity contribution in [2.45, 2.75) is 26.2 Å². The van der Waals surface area contributed by atoms with Gasteiger partial charge in [-0.15, -0.1) is 0 Å². The molecule has 0 amide bonds. The Morgan fingerprint density at radius 1 is 1.24 bits per heavy atom. The van der Waals surface area contributed by atoms with Gasteiger partial charge in [-0.25, -0.2) is 4.98 Å². The fourth-order valence-corrected chi connectivity index (χ4v) is 3.34. The second-order valence-corrected chi connectivity index (χ2v) is 5.49. The molecule has 3 rings (SSSR count). The predicted molar refractivity (Wildman–Crippen MR) is 86.0 cm³/mol. The summed E-state index contributed by atoms with van der Waals surface area (Å²) in [5.74, 6) is 1.31. The smallest absolute Gasteiger partial charge is 0.148 e. The van der Waals surface area contributed by atoms with Crippen LogP contribution in [-0.2, 0) is 12.8 Å². The first kappa shape index (κ1) is 14.3. The molecule has 1 aliphatic carbocycles. The van der Waals surface area contributed by atoms with E-state index >= 15 is 0 Å². The number of anilines is 1. The largest absolute Gasteiger partial charge is 0.495 e. The number of benzene rings is 1. The quantitative estimate of drug-likeness (QED) is 0.932. The Labute approximate surface area is 129 Å². The minimum Gasteiger partial charge on any atom is -0.495 e. The molecule has 0 saturated heterocycles. The second kappa shape index (κ2) is 5.60. The van der Waals surface area contributed by atoms with Gasteiger partial charge in [0.15, 0.2) is 0 Å². The van der Waals surface area contributed by atoms with E-state index < -0.39 is 0 Å². The zero-order chi connectivity index (χ0) is 15.0. The molecule has 21 heavy (non-hydrogen) atoms. The molecule has 0 aliphatic heterocycles. The zero-order valence-electron chi connectivity index (χ0n) is 12.5. The molecule has 1 aliphatic rings. The van der Waals surface area contributed by atoms with Crippen molar-refractivity contribution in [3.63, 3.8) is 0 Å². The number of rotatable bonds is 4. The average molecular weight is 307 g/mol. The Morgan fingerprint density at radius 3 is 2.67 bits per heavy atom. The molecular weight excluding hydrogens is 288 g/mol. The van der Waals surface area contributed by atoms with Gasteiger partial charge in [0.1, 0.15) is 17.0 Å². The van der Waals surface area contributed by atoms with Crippen LogP contribution in [0, 0.1) is 0 Å². The Bertz CT molecular complexity index is 701. The van der Waals surface area contributed by atoms with Crippen LogP contribution in [0.1, 0.15) is 24.6 Å². The van der Waals surface area contributed by atoms with E-state index in [1.165, 1.54) is 5.56 Å². The van der Waals surface area contributed by atoms with Crippen LogP contribution in [0.15, 0.2) is 6.07 Å². The molecule has 5 heteroatoms. The van der Waals surface area contributed by atoms with E-state index in [1.807, 2.05) is 0 Å². The first-order chi connectivity index (χ1) is 10.2. The van der Waals surface area contributed by atoms with E-state index in [9.17, 15) is 0 Å². The van der Waals surface area contributed by atoms with Gasteiger partial charge in [0.2, 0.25) is 0 Å². The maximum absolute atomic E-state index is 6.55. The highest BCUT2D eigenvalue weighted by molar-refractivity contribution is 6.38. The maximum atomic E-state index is 6.55. The molecule has 1 heterocycles. The molecule has 0 spiro atoms. The lowest BCUT2D eigenvalue weighted by Crippen LogP contribution is -2.05. The van der Waals surface area contributed by atoms with Gasteiger partial charge in [-0.1, -0.05) is 11.6 Å². The highest BCUT2D eigenvalue weighted by Crippen LogP contribution is 2.45. The van der Waals surface area contributed by atoms with Gasteiger partial charge in [0.05, 0.1) is 24.9 Å². The molecule has 1 aromatic heterocycles. The minimum absolute atomic E-state index is 0.589. The van der Waals surface area contributed by atoms with Gasteiger partial charge in [0, 0.05) is 23.7 Å². The van der Waals surface area contributed by atoms with Crippen LogP contribution in [0.25, 0.3) is 10.9 Å². The van der Waals surface area contributed by atoms with Crippen molar-refractivity contribution in [2.75, 3.05) is 26.1 Å². The number of halogens is 1. The molecule has 1 N–H and O–H groups in total. The van der Waals surface area contributed by atoms with Gasteiger partial charge < -0.3 is 14.8 Å². The van der Waals surface area contributed by atoms with Crippen molar-refractivity contribution >= 4 is 28.2 Å². The Morgan fingerprint density at radius 2 is 2.00 bits per heavy atom. The lowest BCUT2D eigenvalue weighted by Gasteiger charge is -2.18. The Balaban J connectivity index is 2.43. The van der Waals surface area contributed by atoms with Crippen molar-refractivity contribution in [3.8, 4) is 11.5 Å². The van der Waals surface area contributed by atoms with Gasteiger partial charge >= 0.3 is 0 Å². The second-order valence-electron chi connectivity index (χ2n) is 5.11. The number of aromatic nitrogens is 1. The third-order valence-corrected chi connectivity index (χ3v) is 4.32. The fourth-order valence-electron chi connectivity index (χ4n) is 3.02. The number of methoxy groups -OCH3 is 2. The van der Waals surface area contributed by atoms with Crippen LogP contribution < -0.4 is 14.8 Å². The number of hydrogen-bond acceptors (Lipinski definition) is 4. The first-order valence-corrected chi connectivity index (χ1v) is 7.58. The van der Waals surface area contributed by atoms with Crippen molar-refractivity contribution in [1.29, 1.82) is 0 Å². The van der Waals surface area contributed by atoms with Gasteiger partial charge in [-0.3, -0.25) is 0 Å². The third-order valence-electron chi connectivity index (χ3n) is 3.95. The normalized spacial score (nSPS) is 13.3. The van der Waals surface area contributed by atoms with Crippen LogP contribution in [0.3, 0.4) is 0 Å². The van der Waals surface area contributed by atoms with E-state index in [4.69, 9.17) is 26.1 Å². The van der Waals surface area contributed by atoms with Crippen molar-refractivity contribution in [3.05, 3.63) is 22.3 Å². The van der Waals surface area contributed by atoms with E-state index in [0.717, 1.165) is 48.1 Å². The summed E-state index contributed by atoms with van der Waals surface area (Å²) in [6.07, 6.45) is 3.18. The lowest BCUT2D eigenvalue weighted by molar-refractivity contribution is 0.397. The summed E-state index contributed by atoms with van der Waals surface area (Å²) in [6.45, 7) is 2.92. The first-order valence-electron chi connectivity index (χ1n) is 7.21. The average Bonchev–Trinajstić information content (AvgIpc) is 2.96. The maximum Gasteiger partial charge on any atom is 0.148 e. The Hall–Kier alpha value is -1.68. The number of hydrogen-bond donors (Lipinski definition) is 1. The van der Waals surface area contributed by atoms with E-state index in [-0.39, 0.29) is 0 Å². The van der Waals surface area contributed by atoms with Crippen LogP contribution in [-0.4, -0.2) is 25.7 Å². The topological polar surface area (TPSA) is 43.4 Å². The summed E-state index contributed by atoms with van der Waals surface area (Å²) < 4.78 is 10.9. The Kier molecular flexibility index (Phi) is 3.81. The molecule has 2 aromatic rings.